The van der Waals surface area contributed by atoms with Crippen molar-refractivity contribution in [3.63, 3.8) is 0 Å². The van der Waals surface area contributed by atoms with E-state index in [1.165, 1.54) is 6.92 Å². The third kappa shape index (κ3) is 1.47. The van der Waals surface area contributed by atoms with Gasteiger partial charge in [0.25, 0.3) is 0 Å². The van der Waals surface area contributed by atoms with Crippen LogP contribution in [0, 0.1) is 0 Å². The number of hydrogen-bond acceptors (Lipinski definition) is 3. The second kappa shape index (κ2) is 3.24. The van der Waals surface area contributed by atoms with Crippen LogP contribution < -0.4 is 15.2 Å². The van der Waals surface area contributed by atoms with Crippen LogP contribution in [0.2, 0.25) is 0 Å². The summed E-state index contributed by atoms with van der Waals surface area (Å²) in [6.07, 6.45) is 0. The highest BCUT2D eigenvalue weighted by Gasteiger charge is 2.44. The quantitative estimate of drug-likeness (QED) is 0.759. The van der Waals surface area contributed by atoms with E-state index in [9.17, 15) is 4.39 Å². The average molecular weight is 209 g/mol. The summed E-state index contributed by atoms with van der Waals surface area (Å²) >= 11 is 0. The third-order valence-corrected chi connectivity index (χ3v) is 2.26. The molecule has 0 spiro atoms. The normalized spacial score (nSPS) is 22.9. The maximum atomic E-state index is 14.0. The molecule has 0 bridgehead atoms. The van der Waals surface area contributed by atoms with Crippen molar-refractivity contribution in [3.8, 4) is 11.5 Å². The average Bonchev–Trinajstić information content (AvgIpc) is 2.55. The number of nitrogens with two attached hydrogens (primary N) is 1. The van der Waals surface area contributed by atoms with Gasteiger partial charge in [0.1, 0.15) is 0 Å². The highest BCUT2D eigenvalue weighted by atomic mass is 19.2. The molecule has 0 aromatic heterocycles. The van der Waals surface area contributed by atoms with Crippen molar-refractivity contribution in [2.45, 2.75) is 19.5 Å². The molecule has 80 valence electrons. The predicted molar refractivity (Wildman–Crippen MR) is 54.2 cm³/mol. The van der Waals surface area contributed by atoms with E-state index in [-0.39, 0.29) is 12.1 Å². The molecule has 1 heterocycles. The van der Waals surface area contributed by atoms with Gasteiger partial charge in [-0.25, -0.2) is 0 Å². The second-order valence-corrected chi connectivity index (χ2v) is 3.47. The highest BCUT2D eigenvalue weighted by Crippen LogP contribution is 2.44. The van der Waals surface area contributed by atoms with E-state index in [0.29, 0.717) is 17.1 Å². The Labute approximate surface area is 87.3 Å². The van der Waals surface area contributed by atoms with Crippen LogP contribution in [0.3, 0.4) is 0 Å². The molecule has 1 aliphatic heterocycles. The molecule has 2 N–H and O–H groups in total. The van der Waals surface area contributed by atoms with E-state index in [1.807, 2.05) is 0 Å². The van der Waals surface area contributed by atoms with Gasteiger partial charge in [0.2, 0.25) is 0 Å². The minimum atomic E-state index is -2.26. The van der Waals surface area contributed by atoms with Crippen molar-refractivity contribution in [1.29, 1.82) is 0 Å². The number of fused-ring (bicyclic) bond motifs is 1. The van der Waals surface area contributed by atoms with Gasteiger partial charge in [-0.2, -0.15) is 4.39 Å². The van der Waals surface area contributed by atoms with Crippen molar-refractivity contribution >= 4 is 0 Å². The Morgan fingerprint density at radius 2 is 2.27 bits per heavy atom. The lowest BCUT2D eigenvalue weighted by atomic mass is 10.2. The van der Waals surface area contributed by atoms with Crippen molar-refractivity contribution in [2.75, 3.05) is 0 Å². The maximum absolute atomic E-state index is 14.0. The van der Waals surface area contributed by atoms with E-state index >= 15 is 0 Å². The number of rotatable bonds is 2. The Bertz CT molecular complexity index is 419. The molecule has 0 amide bonds. The Hall–Kier alpha value is -1.55. The fraction of sp³-hybridized carbons (Fsp3) is 0.273. The molecule has 4 heteroatoms. The van der Waals surface area contributed by atoms with Crippen LogP contribution >= 0.6 is 0 Å². The van der Waals surface area contributed by atoms with Crippen molar-refractivity contribution < 1.29 is 13.9 Å². The zero-order chi connectivity index (χ0) is 11.1. The topological polar surface area (TPSA) is 44.5 Å². The fourth-order valence-corrected chi connectivity index (χ4v) is 1.39. The van der Waals surface area contributed by atoms with E-state index in [0.717, 1.165) is 0 Å². The van der Waals surface area contributed by atoms with Crippen molar-refractivity contribution in [1.82, 2.24) is 0 Å². The number of halogens is 1. The Balaban J connectivity index is 2.42. The first-order valence-electron chi connectivity index (χ1n) is 4.61. The van der Waals surface area contributed by atoms with Crippen LogP contribution in [0.4, 0.5) is 4.39 Å². The third-order valence-electron chi connectivity index (χ3n) is 2.26. The molecular formula is C11H12FNO2. The molecule has 15 heavy (non-hydrogen) atoms. The van der Waals surface area contributed by atoms with E-state index < -0.39 is 6.04 Å². The number of benzene rings is 1. The van der Waals surface area contributed by atoms with Gasteiger partial charge in [0.05, 0.1) is 0 Å². The Morgan fingerprint density at radius 3 is 2.87 bits per heavy atom. The van der Waals surface area contributed by atoms with Crippen LogP contribution in [0.1, 0.15) is 12.5 Å². The van der Waals surface area contributed by atoms with Gasteiger partial charge in [-0.3, -0.25) is 0 Å². The summed E-state index contributed by atoms with van der Waals surface area (Å²) in [5.74, 6) is 0.731. The zero-order valence-electron chi connectivity index (χ0n) is 8.42. The molecule has 1 aromatic carbocycles. The Kier molecular flexibility index (Phi) is 2.16. The number of hydrogen-bond donors (Lipinski definition) is 1. The van der Waals surface area contributed by atoms with Crippen LogP contribution in [-0.4, -0.2) is 6.04 Å². The minimum Gasteiger partial charge on any atom is -0.419 e. The SMILES string of the molecule is C=C(C)C1(F)Oc2cccc(CN)c2O1. The van der Waals surface area contributed by atoms with Crippen molar-refractivity contribution in [2.24, 2.45) is 5.73 Å². The number of alkyl halides is 1. The van der Waals surface area contributed by atoms with Gasteiger partial charge in [-0.1, -0.05) is 18.7 Å². The molecule has 0 radical (unpaired) electrons. The number of ether oxygens (including phenoxy) is 2. The smallest absolute Gasteiger partial charge is 0.419 e. The van der Waals surface area contributed by atoms with Gasteiger partial charge in [-0.05, 0) is 13.0 Å². The summed E-state index contributed by atoms with van der Waals surface area (Å²) in [6.45, 7) is 5.28. The molecule has 0 saturated carbocycles. The number of para-hydroxylation sites is 1. The second-order valence-electron chi connectivity index (χ2n) is 3.47. The van der Waals surface area contributed by atoms with Crippen LogP contribution in [0.5, 0.6) is 11.5 Å². The van der Waals surface area contributed by atoms with Gasteiger partial charge in [0.15, 0.2) is 11.5 Å². The van der Waals surface area contributed by atoms with Gasteiger partial charge in [-0.15, -0.1) is 0 Å². The van der Waals surface area contributed by atoms with Crippen LogP contribution in [0.15, 0.2) is 30.4 Å². The lowest BCUT2D eigenvalue weighted by Gasteiger charge is -2.17. The molecule has 1 aliphatic rings. The molecular weight excluding hydrogens is 197 g/mol. The largest absolute Gasteiger partial charge is 0.432 e. The van der Waals surface area contributed by atoms with Gasteiger partial charge >= 0.3 is 6.04 Å². The monoisotopic (exact) mass is 209 g/mol. The lowest BCUT2D eigenvalue weighted by Crippen LogP contribution is -2.33. The fourth-order valence-electron chi connectivity index (χ4n) is 1.39. The molecule has 2 rings (SSSR count). The van der Waals surface area contributed by atoms with Gasteiger partial charge < -0.3 is 15.2 Å². The van der Waals surface area contributed by atoms with E-state index in [4.69, 9.17) is 15.2 Å². The zero-order valence-corrected chi connectivity index (χ0v) is 8.42. The standard InChI is InChI=1S/C11H12FNO2/c1-7(2)11(12)14-9-5-3-4-8(6-13)10(9)15-11/h3-5H,1,6,13H2,2H3. The molecule has 0 fully saturated rings. The van der Waals surface area contributed by atoms with Crippen molar-refractivity contribution in [3.05, 3.63) is 35.9 Å². The maximum Gasteiger partial charge on any atom is 0.432 e. The van der Waals surface area contributed by atoms with E-state index in [1.54, 1.807) is 18.2 Å². The first-order valence-corrected chi connectivity index (χ1v) is 4.61. The predicted octanol–water partition coefficient (Wildman–Crippen LogP) is 2.12. The first kappa shape index (κ1) is 9.98. The van der Waals surface area contributed by atoms with Gasteiger partial charge in [0, 0.05) is 17.7 Å². The molecule has 1 unspecified atom stereocenters. The lowest BCUT2D eigenvalue weighted by molar-refractivity contribution is -0.156. The summed E-state index contributed by atoms with van der Waals surface area (Å²) in [4.78, 5) is 0. The highest BCUT2D eigenvalue weighted by molar-refractivity contribution is 5.49. The Morgan fingerprint density at radius 1 is 1.53 bits per heavy atom. The summed E-state index contributed by atoms with van der Waals surface area (Å²) in [5, 5.41) is 0. The van der Waals surface area contributed by atoms with E-state index in [2.05, 4.69) is 6.58 Å². The molecule has 3 nitrogen and oxygen atoms in total. The van der Waals surface area contributed by atoms with Crippen LogP contribution in [0.25, 0.3) is 0 Å². The molecule has 0 saturated heterocycles. The molecule has 1 atom stereocenters. The summed E-state index contributed by atoms with van der Waals surface area (Å²) in [7, 11) is 0. The molecule has 1 aromatic rings. The first-order chi connectivity index (χ1) is 7.07. The van der Waals surface area contributed by atoms with Crippen LogP contribution in [-0.2, 0) is 6.54 Å². The molecule has 0 aliphatic carbocycles. The summed E-state index contributed by atoms with van der Waals surface area (Å²) < 4.78 is 24.1. The summed E-state index contributed by atoms with van der Waals surface area (Å²) in [5.41, 5.74) is 6.39. The summed E-state index contributed by atoms with van der Waals surface area (Å²) in [6, 6.07) is 2.90. The minimum absolute atomic E-state index is 0.168.